The first-order valence-electron chi connectivity index (χ1n) is 5.23. The van der Waals surface area contributed by atoms with Gasteiger partial charge in [0.05, 0.1) is 17.5 Å². The molecular weight excluding hydrogens is 214 g/mol. The van der Waals surface area contributed by atoms with Crippen molar-refractivity contribution >= 4 is 11.9 Å². The van der Waals surface area contributed by atoms with Gasteiger partial charge in [-0.15, -0.1) is 0 Å². The third-order valence-electron chi connectivity index (χ3n) is 2.59. The first-order valence-corrected chi connectivity index (χ1v) is 5.23. The number of rotatable bonds is 2. The van der Waals surface area contributed by atoms with Crippen LogP contribution in [0.15, 0.2) is 48.8 Å². The SMILES string of the molecule is O=Cc1cnn2ccc(-c3ccccc3)nc12. The molecule has 0 saturated heterocycles. The summed E-state index contributed by atoms with van der Waals surface area (Å²) in [5, 5.41) is 4.05. The zero-order valence-corrected chi connectivity index (χ0v) is 8.95. The quantitative estimate of drug-likeness (QED) is 0.626. The molecular formula is C13H9N3O. The average molecular weight is 223 g/mol. The van der Waals surface area contributed by atoms with Crippen LogP contribution in [0, 0.1) is 0 Å². The van der Waals surface area contributed by atoms with Crippen LogP contribution in [0.4, 0.5) is 0 Å². The van der Waals surface area contributed by atoms with Crippen LogP contribution in [0.25, 0.3) is 16.9 Å². The Bertz CT molecular complexity index is 673. The number of carbonyl (C=O) groups excluding carboxylic acids is 1. The Hall–Kier alpha value is -2.49. The molecule has 3 aromatic rings. The van der Waals surface area contributed by atoms with E-state index in [-0.39, 0.29) is 0 Å². The number of aromatic nitrogens is 3. The molecule has 2 heterocycles. The summed E-state index contributed by atoms with van der Waals surface area (Å²) in [6.07, 6.45) is 4.09. The van der Waals surface area contributed by atoms with Gasteiger partial charge in [0, 0.05) is 11.8 Å². The summed E-state index contributed by atoms with van der Waals surface area (Å²) in [5.41, 5.74) is 2.94. The molecule has 0 spiro atoms. The number of benzene rings is 1. The highest BCUT2D eigenvalue weighted by Crippen LogP contribution is 2.17. The summed E-state index contributed by atoms with van der Waals surface area (Å²) >= 11 is 0. The Kier molecular flexibility index (Phi) is 2.19. The lowest BCUT2D eigenvalue weighted by Crippen LogP contribution is -1.93. The standard InChI is InChI=1S/C13H9N3O/c17-9-11-8-14-16-7-6-12(15-13(11)16)10-4-2-1-3-5-10/h1-9H. The van der Waals surface area contributed by atoms with E-state index in [4.69, 9.17) is 0 Å². The van der Waals surface area contributed by atoms with Crippen LogP contribution in [0.1, 0.15) is 10.4 Å². The lowest BCUT2D eigenvalue weighted by atomic mass is 10.1. The average Bonchev–Trinajstić information content (AvgIpc) is 2.81. The Morgan fingerprint density at radius 3 is 2.71 bits per heavy atom. The summed E-state index contributed by atoms with van der Waals surface area (Å²) in [7, 11) is 0. The third kappa shape index (κ3) is 1.59. The van der Waals surface area contributed by atoms with Gasteiger partial charge >= 0.3 is 0 Å². The van der Waals surface area contributed by atoms with Crippen LogP contribution >= 0.6 is 0 Å². The second kappa shape index (κ2) is 3.83. The second-order valence-corrected chi connectivity index (χ2v) is 3.66. The van der Waals surface area contributed by atoms with Gasteiger partial charge in [0.25, 0.3) is 0 Å². The van der Waals surface area contributed by atoms with Crippen molar-refractivity contribution in [3.05, 3.63) is 54.4 Å². The van der Waals surface area contributed by atoms with Gasteiger partial charge in [0.15, 0.2) is 11.9 Å². The zero-order valence-electron chi connectivity index (χ0n) is 8.95. The molecule has 2 aromatic heterocycles. The molecule has 4 nitrogen and oxygen atoms in total. The highest BCUT2D eigenvalue weighted by atomic mass is 16.1. The third-order valence-corrected chi connectivity index (χ3v) is 2.59. The van der Waals surface area contributed by atoms with E-state index in [0.717, 1.165) is 17.5 Å². The van der Waals surface area contributed by atoms with E-state index in [0.29, 0.717) is 11.2 Å². The molecule has 82 valence electrons. The molecule has 4 heteroatoms. The summed E-state index contributed by atoms with van der Waals surface area (Å²) in [5.74, 6) is 0. The van der Waals surface area contributed by atoms with Crippen molar-refractivity contribution in [3.63, 3.8) is 0 Å². The van der Waals surface area contributed by atoms with Crippen LogP contribution in [0.3, 0.4) is 0 Å². The molecule has 0 atom stereocenters. The fourth-order valence-electron chi connectivity index (χ4n) is 1.74. The van der Waals surface area contributed by atoms with Crippen molar-refractivity contribution in [2.24, 2.45) is 0 Å². The van der Waals surface area contributed by atoms with Crippen LogP contribution in [0.5, 0.6) is 0 Å². The van der Waals surface area contributed by atoms with Crippen LogP contribution < -0.4 is 0 Å². The van der Waals surface area contributed by atoms with Crippen LogP contribution in [-0.2, 0) is 0 Å². The minimum Gasteiger partial charge on any atom is -0.298 e. The smallest absolute Gasteiger partial charge is 0.166 e. The van der Waals surface area contributed by atoms with Gasteiger partial charge in [-0.1, -0.05) is 30.3 Å². The molecule has 0 amide bonds. The number of aldehydes is 1. The van der Waals surface area contributed by atoms with E-state index in [2.05, 4.69) is 10.1 Å². The maximum atomic E-state index is 10.8. The lowest BCUT2D eigenvalue weighted by molar-refractivity contribution is 0.112. The molecule has 0 unspecified atom stereocenters. The fraction of sp³-hybridized carbons (Fsp3) is 0. The molecule has 17 heavy (non-hydrogen) atoms. The molecule has 3 rings (SSSR count). The maximum Gasteiger partial charge on any atom is 0.166 e. The van der Waals surface area contributed by atoms with Gasteiger partial charge in [0.1, 0.15) is 0 Å². The van der Waals surface area contributed by atoms with Crippen LogP contribution in [-0.4, -0.2) is 20.9 Å². The summed E-state index contributed by atoms with van der Waals surface area (Å²) in [6.45, 7) is 0. The van der Waals surface area contributed by atoms with Gasteiger partial charge in [-0.25, -0.2) is 9.50 Å². The van der Waals surface area contributed by atoms with Gasteiger partial charge in [-0.2, -0.15) is 5.10 Å². The monoisotopic (exact) mass is 223 g/mol. The first-order chi connectivity index (χ1) is 8.38. The number of fused-ring (bicyclic) bond motifs is 1. The summed E-state index contributed by atoms with van der Waals surface area (Å²) < 4.78 is 1.59. The van der Waals surface area contributed by atoms with Gasteiger partial charge in [-0.05, 0) is 6.07 Å². The first kappa shape index (κ1) is 9.72. The van der Waals surface area contributed by atoms with E-state index in [1.165, 1.54) is 6.20 Å². The molecule has 1 aromatic carbocycles. The number of nitrogens with zero attached hydrogens (tertiary/aromatic N) is 3. The van der Waals surface area contributed by atoms with Crippen molar-refractivity contribution in [1.29, 1.82) is 0 Å². The van der Waals surface area contributed by atoms with Gasteiger partial charge < -0.3 is 0 Å². The fourth-order valence-corrected chi connectivity index (χ4v) is 1.74. The summed E-state index contributed by atoms with van der Waals surface area (Å²) in [6, 6.07) is 11.7. The lowest BCUT2D eigenvalue weighted by Gasteiger charge is -2.01. The summed E-state index contributed by atoms with van der Waals surface area (Å²) in [4.78, 5) is 15.3. The van der Waals surface area contributed by atoms with Crippen molar-refractivity contribution in [3.8, 4) is 11.3 Å². The maximum absolute atomic E-state index is 10.8. The molecule has 0 aliphatic heterocycles. The van der Waals surface area contributed by atoms with Crippen molar-refractivity contribution < 1.29 is 4.79 Å². The van der Waals surface area contributed by atoms with Crippen molar-refractivity contribution in [2.45, 2.75) is 0 Å². The highest BCUT2D eigenvalue weighted by molar-refractivity contribution is 5.84. The number of hydrogen-bond donors (Lipinski definition) is 0. The van der Waals surface area contributed by atoms with Gasteiger partial charge in [-0.3, -0.25) is 4.79 Å². The molecule has 0 aliphatic rings. The van der Waals surface area contributed by atoms with Crippen molar-refractivity contribution in [1.82, 2.24) is 14.6 Å². The Morgan fingerprint density at radius 1 is 1.12 bits per heavy atom. The van der Waals surface area contributed by atoms with E-state index in [9.17, 15) is 4.79 Å². The predicted molar refractivity (Wildman–Crippen MR) is 63.8 cm³/mol. The molecule has 0 aliphatic carbocycles. The Labute approximate surface area is 97.5 Å². The zero-order chi connectivity index (χ0) is 11.7. The number of carbonyl (C=O) groups is 1. The normalized spacial score (nSPS) is 10.6. The Morgan fingerprint density at radius 2 is 1.94 bits per heavy atom. The van der Waals surface area contributed by atoms with Crippen molar-refractivity contribution in [2.75, 3.05) is 0 Å². The second-order valence-electron chi connectivity index (χ2n) is 3.66. The van der Waals surface area contributed by atoms with E-state index >= 15 is 0 Å². The largest absolute Gasteiger partial charge is 0.298 e. The molecule has 0 radical (unpaired) electrons. The van der Waals surface area contributed by atoms with E-state index < -0.39 is 0 Å². The molecule has 0 N–H and O–H groups in total. The topological polar surface area (TPSA) is 47.3 Å². The molecule has 0 bridgehead atoms. The molecule has 0 fully saturated rings. The molecule has 0 saturated carbocycles. The minimum atomic E-state index is 0.503. The predicted octanol–water partition coefficient (Wildman–Crippen LogP) is 2.21. The van der Waals surface area contributed by atoms with Gasteiger partial charge in [0.2, 0.25) is 0 Å². The van der Waals surface area contributed by atoms with E-state index in [1.54, 1.807) is 10.7 Å². The Balaban J connectivity index is 2.22. The van der Waals surface area contributed by atoms with E-state index in [1.807, 2.05) is 36.4 Å². The van der Waals surface area contributed by atoms with Crippen LogP contribution in [0.2, 0.25) is 0 Å². The highest BCUT2D eigenvalue weighted by Gasteiger charge is 2.06. The minimum absolute atomic E-state index is 0.503. The number of hydrogen-bond acceptors (Lipinski definition) is 3.